The van der Waals surface area contributed by atoms with Crippen LogP contribution in [0.5, 0.6) is 11.5 Å². The molecule has 0 spiro atoms. The fourth-order valence-electron chi connectivity index (χ4n) is 1.97. The first-order valence-corrected chi connectivity index (χ1v) is 7.91. The van der Waals surface area contributed by atoms with Crippen molar-refractivity contribution in [1.29, 1.82) is 0 Å². The van der Waals surface area contributed by atoms with Crippen molar-refractivity contribution in [3.63, 3.8) is 0 Å². The Balaban J connectivity index is 2.07. The summed E-state index contributed by atoms with van der Waals surface area (Å²) in [5.74, 6) is -1.36. The normalized spacial score (nSPS) is 11.5. The number of carbonyl (C=O) groups is 2. The molecule has 2 aromatic carbocycles. The second kappa shape index (κ2) is 8.09. The number of aromatic hydroxyl groups is 1. The number of ether oxygens (including phenoxy) is 2. The van der Waals surface area contributed by atoms with Gasteiger partial charge in [0, 0.05) is 10.0 Å². The van der Waals surface area contributed by atoms with Gasteiger partial charge in [-0.15, -0.1) is 0 Å². The number of phenols is 1. The summed E-state index contributed by atoms with van der Waals surface area (Å²) in [5, 5.41) is 13.0. The first-order chi connectivity index (χ1) is 11.8. The van der Waals surface area contributed by atoms with Crippen LogP contribution in [0.1, 0.15) is 17.3 Å². The zero-order valence-electron chi connectivity index (χ0n) is 13.4. The molecular formula is C17H15Cl2NO5. The summed E-state index contributed by atoms with van der Waals surface area (Å²) in [4.78, 5) is 24.3. The predicted octanol–water partition coefficient (Wildman–Crippen LogP) is 3.89. The number of nitrogens with one attached hydrogen (secondary N) is 1. The Bertz CT molecular complexity index is 810. The smallest absolute Gasteiger partial charge is 0.342 e. The van der Waals surface area contributed by atoms with Gasteiger partial charge in [-0.3, -0.25) is 4.79 Å². The van der Waals surface area contributed by atoms with E-state index in [0.29, 0.717) is 16.5 Å². The van der Waals surface area contributed by atoms with Crippen LogP contribution >= 0.6 is 23.2 Å². The number of halogens is 2. The van der Waals surface area contributed by atoms with Crippen LogP contribution in [0.15, 0.2) is 36.4 Å². The van der Waals surface area contributed by atoms with Crippen LogP contribution in [0.2, 0.25) is 10.0 Å². The first kappa shape index (κ1) is 18.9. The number of carbonyl (C=O) groups excluding carboxylic acids is 2. The highest BCUT2D eigenvalue weighted by Crippen LogP contribution is 2.28. The van der Waals surface area contributed by atoms with Crippen LogP contribution in [0.3, 0.4) is 0 Å². The van der Waals surface area contributed by atoms with E-state index >= 15 is 0 Å². The molecule has 1 amide bonds. The van der Waals surface area contributed by atoms with Crippen molar-refractivity contribution in [3.8, 4) is 11.5 Å². The van der Waals surface area contributed by atoms with Crippen LogP contribution in [-0.2, 0) is 9.53 Å². The molecule has 0 aliphatic rings. The molecule has 0 aromatic heterocycles. The van der Waals surface area contributed by atoms with E-state index in [1.165, 1.54) is 38.3 Å². The van der Waals surface area contributed by atoms with Crippen LogP contribution in [0, 0.1) is 0 Å². The minimum Gasteiger partial charge on any atom is -0.507 e. The maximum Gasteiger partial charge on any atom is 0.342 e. The van der Waals surface area contributed by atoms with Crippen LogP contribution in [-0.4, -0.2) is 30.2 Å². The quantitative estimate of drug-likeness (QED) is 0.764. The van der Waals surface area contributed by atoms with E-state index in [0.717, 1.165) is 0 Å². The molecule has 0 aliphatic heterocycles. The van der Waals surface area contributed by atoms with Gasteiger partial charge in [-0.25, -0.2) is 4.79 Å². The molecule has 0 heterocycles. The van der Waals surface area contributed by atoms with Gasteiger partial charge in [-0.2, -0.15) is 0 Å². The Morgan fingerprint density at radius 3 is 2.40 bits per heavy atom. The van der Waals surface area contributed by atoms with E-state index < -0.39 is 18.0 Å². The van der Waals surface area contributed by atoms with Crippen molar-refractivity contribution >= 4 is 40.8 Å². The number of phenolic OH excluding ortho intramolecular Hbond substituents is 1. The topological polar surface area (TPSA) is 84.9 Å². The monoisotopic (exact) mass is 383 g/mol. The number of anilines is 1. The van der Waals surface area contributed by atoms with Gasteiger partial charge in [0.05, 0.1) is 12.8 Å². The standard InChI is InChI=1S/C17H15Cl2NO5/c1-9(25-17(23)12-5-3-11(19)8-14(12)21)16(22)20-13-7-10(18)4-6-15(13)24-2/h3-9,21H,1-2H3,(H,20,22)/t9-/m1/s1. The van der Waals surface area contributed by atoms with E-state index in [1.54, 1.807) is 12.1 Å². The molecule has 2 N–H and O–H groups in total. The molecular weight excluding hydrogens is 369 g/mol. The van der Waals surface area contributed by atoms with Crippen molar-refractivity contribution < 1.29 is 24.2 Å². The van der Waals surface area contributed by atoms with Crippen molar-refractivity contribution in [3.05, 3.63) is 52.0 Å². The highest BCUT2D eigenvalue weighted by Gasteiger charge is 2.22. The summed E-state index contributed by atoms with van der Waals surface area (Å²) in [5.41, 5.74) is 0.252. The van der Waals surface area contributed by atoms with Gasteiger partial charge in [0.15, 0.2) is 6.10 Å². The van der Waals surface area contributed by atoms with Crippen molar-refractivity contribution in [1.82, 2.24) is 0 Å². The molecule has 0 saturated carbocycles. The molecule has 0 aliphatic carbocycles. The molecule has 0 saturated heterocycles. The molecule has 0 unspecified atom stereocenters. The van der Waals surface area contributed by atoms with Crippen LogP contribution < -0.4 is 10.1 Å². The lowest BCUT2D eigenvalue weighted by Crippen LogP contribution is -2.30. The van der Waals surface area contributed by atoms with E-state index in [-0.39, 0.29) is 16.3 Å². The Morgan fingerprint density at radius 1 is 1.12 bits per heavy atom. The number of methoxy groups -OCH3 is 1. The number of hydrogen-bond donors (Lipinski definition) is 2. The Labute approximate surface area is 154 Å². The number of benzene rings is 2. The molecule has 8 heteroatoms. The number of esters is 1. The summed E-state index contributed by atoms with van der Waals surface area (Å²) in [6, 6.07) is 8.67. The Hall–Kier alpha value is -2.44. The van der Waals surface area contributed by atoms with Crippen molar-refractivity contribution in [2.24, 2.45) is 0 Å². The average molecular weight is 384 g/mol. The van der Waals surface area contributed by atoms with Crippen molar-refractivity contribution in [2.45, 2.75) is 13.0 Å². The fraction of sp³-hybridized carbons (Fsp3) is 0.176. The van der Waals surface area contributed by atoms with Gasteiger partial charge < -0.3 is 19.9 Å². The van der Waals surface area contributed by atoms with Gasteiger partial charge in [0.2, 0.25) is 0 Å². The molecule has 6 nitrogen and oxygen atoms in total. The second-order valence-electron chi connectivity index (χ2n) is 5.04. The maximum atomic E-state index is 12.2. The summed E-state index contributed by atoms with van der Waals surface area (Å²) < 4.78 is 10.2. The summed E-state index contributed by atoms with van der Waals surface area (Å²) in [7, 11) is 1.45. The Morgan fingerprint density at radius 2 is 1.76 bits per heavy atom. The van der Waals surface area contributed by atoms with Gasteiger partial charge in [0.1, 0.15) is 17.1 Å². The average Bonchev–Trinajstić information content (AvgIpc) is 2.54. The molecule has 25 heavy (non-hydrogen) atoms. The number of hydrogen-bond acceptors (Lipinski definition) is 5. The lowest BCUT2D eigenvalue weighted by atomic mass is 10.2. The zero-order valence-corrected chi connectivity index (χ0v) is 14.9. The summed E-state index contributed by atoms with van der Waals surface area (Å²) >= 11 is 11.6. The third-order valence-electron chi connectivity index (χ3n) is 3.25. The number of amides is 1. The summed E-state index contributed by atoms with van der Waals surface area (Å²) in [6.45, 7) is 1.40. The highest BCUT2D eigenvalue weighted by molar-refractivity contribution is 6.31. The third-order valence-corrected chi connectivity index (χ3v) is 3.72. The van der Waals surface area contributed by atoms with Crippen molar-refractivity contribution in [2.75, 3.05) is 12.4 Å². The third kappa shape index (κ3) is 4.78. The van der Waals surface area contributed by atoms with E-state index in [2.05, 4.69) is 5.32 Å². The molecule has 0 bridgehead atoms. The van der Waals surface area contributed by atoms with Gasteiger partial charge in [-0.1, -0.05) is 23.2 Å². The lowest BCUT2D eigenvalue weighted by Gasteiger charge is -2.15. The van der Waals surface area contributed by atoms with Gasteiger partial charge in [-0.05, 0) is 43.3 Å². The molecule has 1 atom stereocenters. The molecule has 2 aromatic rings. The van der Waals surface area contributed by atoms with E-state index in [4.69, 9.17) is 32.7 Å². The van der Waals surface area contributed by atoms with E-state index in [1.807, 2.05) is 0 Å². The fourth-order valence-corrected chi connectivity index (χ4v) is 2.31. The SMILES string of the molecule is COc1ccc(Cl)cc1NC(=O)[C@@H](C)OC(=O)c1ccc(Cl)cc1O. The van der Waals surface area contributed by atoms with Gasteiger partial charge in [0.25, 0.3) is 5.91 Å². The Kier molecular flexibility index (Phi) is 6.12. The lowest BCUT2D eigenvalue weighted by molar-refractivity contribution is -0.123. The minimum absolute atomic E-state index is 0.0932. The number of rotatable bonds is 5. The molecule has 2 rings (SSSR count). The first-order valence-electron chi connectivity index (χ1n) is 7.15. The molecule has 0 fully saturated rings. The maximum absolute atomic E-state index is 12.2. The largest absolute Gasteiger partial charge is 0.507 e. The molecule has 132 valence electrons. The van der Waals surface area contributed by atoms with E-state index in [9.17, 15) is 14.7 Å². The predicted molar refractivity (Wildman–Crippen MR) is 94.6 cm³/mol. The molecule has 0 radical (unpaired) electrons. The van der Waals surface area contributed by atoms with Gasteiger partial charge >= 0.3 is 5.97 Å². The zero-order chi connectivity index (χ0) is 18.6. The van der Waals surface area contributed by atoms with Crippen LogP contribution in [0.4, 0.5) is 5.69 Å². The van der Waals surface area contributed by atoms with Crippen LogP contribution in [0.25, 0.3) is 0 Å². The minimum atomic E-state index is -1.12. The summed E-state index contributed by atoms with van der Waals surface area (Å²) in [6.07, 6.45) is -1.12. The highest BCUT2D eigenvalue weighted by atomic mass is 35.5. The second-order valence-corrected chi connectivity index (χ2v) is 5.92.